The van der Waals surface area contributed by atoms with Gasteiger partial charge < -0.3 is 10.1 Å². The van der Waals surface area contributed by atoms with Gasteiger partial charge in [-0.1, -0.05) is 12.2 Å². The molecule has 8 nitrogen and oxygen atoms in total. The number of benzene rings is 1. The van der Waals surface area contributed by atoms with E-state index in [9.17, 15) is 28.4 Å². The van der Waals surface area contributed by atoms with Crippen molar-refractivity contribution in [3.05, 3.63) is 41.7 Å². The lowest BCUT2D eigenvalue weighted by molar-refractivity contribution is -0.157. The highest BCUT2D eigenvalue weighted by Crippen LogP contribution is 2.36. The molecule has 3 amide bonds. The molecular formula is C21H21FN2O6. The number of ether oxygens (including phenoxy) is 1. The molecule has 2 aliphatic rings. The van der Waals surface area contributed by atoms with Crippen LogP contribution < -0.4 is 5.32 Å². The van der Waals surface area contributed by atoms with Crippen molar-refractivity contribution in [1.29, 1.82) is 0 Å². The molecule has 0 unspecified atom stereocenters. The number of likely N-dealkylation sites (tertiary alicyclic amines) is 1. The molecule has 0 spiro atoms. The van der Waals surface area contributed by atoms with E-state index in [0.717, 1.165) is 11.0 Å². The summed E-state index contributed by atoms with van der Waals surface area (Å²) in [5.41, 5.74) is -0.126. The zero-order chi connectivity index (χ0) is 22.0. The summed E-state index contributed by atoms with van der Waals surface area (Å²) >= 11 is 0. The van der Waals surface area contributed by atoms with Crippen molar-refractivity contribution in [1.82, 2.24) is 4.90 Å². The highest BCUT2D eigenvalue weighted by molar-refractivity contribution is 6.08. The van der Waals surface area contributed by atoms with Crippen molar-refractivity contribution >= 4 is 35.2 Å². The summed E-state index contributed by atoms with van der Waals surface area (Å²) in [5, 5.41) is 2.39. The van der Waals surface area contributed by atoms with E-state index in [1.807, 2.05) is 12.2 Å². The summed E-state index contributed by atoms with van der Waals surface area (Å²) in [6.45, 7) is 1.87. The molecule has 30 heavy (non-hydrogen) atoms. The van der Waals surface area contributed by atoms with E-state index in [1.54, 1.807) is 0 Å². The number of carbonyl (C=O) groups is 5. The Kier molecular flexibility index (Phi) is 6.09. The number of nitrogens with zero attached hydrogens (tertiary/aromatic N) is 1. The minimum absolute atomic E-state index is 0.184. The van der Waals surface area contributed by atoms with Crippen molar-refractivity contribution in [2.45, 2.75) is 32.7 Å². The van der Waals surface area contributed by atoms with Gasteiger partial charge in [-0.15, -0.1) is 0 Å². The Labute approximate surface area is 172 Å². The first-order valence-electron chi connectivity index (χ1n) is 9.49. The summed E-state index contributed by atoms with van der Waals surface area (Å²) in [4.78, 5) is 61.5. The van der Waals surface area contributed by atoms with Gasteiger partial charge in [0.25, 0.3) is 0 Å². The average Bonchev–Trinajstić information content (AvgIpc) is 2.95. The predicted octanol–water partition coefficient (Wildman–Crippen LogP) is 1.85. The Morgan fingerprint density at radius 1 is 1.17 bits per heavy atom. The maximum absolute atomic E-state index is 14.1. The van der Waals surface area contributed by atoms with E-state index in [2.05, 4.69) is 5.32 Å². The molecule has 1 aromatic rings. The molecule has 1 heterocycles. The Morgan fingerprint density at radius 3 is 2.30 bits per heavy atom. The maximum Gasteiger partial charge on any atom is 0.329 e. The monoisotopic (exact) mass is 416 g/mol. The van der Waals surface area contributed by atoms with Gasteiger partial charge in [0.05, 0.1) is 17.4 Å². The zero-order valence-corrected chi connectivity index (χ0v) is 16.5. The standard InChI is InChI=1S/C21H21FN2O6/c1-11(24-19(27)14-5-3-4-6-15(14)20(24)28)21(29)30-10-18(26)16-8-7-13(9-17(16)22)23-12(2)25/h3-4,7-9,11,14-15H,5-6,10H2,1-2H3,(H,23,25)/t11-,14-,15+/m0/s1. The zero-order valence-electron chi connectivity index (χ0n) is 16.5. The van der Waals surface area contributed by atoms with Crippen LogP contribution in [-0.2, 0) is 23.9 Å². The first kappa shape index (κ1) is 21.4. The number of hydrogen-bond donors (Lipinski definition) is 1. The number of anilines is 1. The minimum Gasteiger partial charge on any atom is -0.456 e. The normalized spacial score (nSPS) is 21.2. The molecule has 3 atom stereocenters. The van der Waals surface area contributed by atoms with Gasteiger partial charge in [-0.2, -0.15) is 0 Å². The van der Waals surface area contributed by atoms with E-state index in [4.69, 9.17) is 4.74 Å². The van der Waals surface area contributed by atoms with Gasteiger partial charge in [-0.25, -0.2) is 9.18 Å². The second kappa shape index (κ2) is 8.56. The Balaban J connectivity index is 1.61. The van der Waals surface area contributed by atoms with Crippen LogP contribution >= 0.6 is 0 Å². The number of esters is 1. The third-order valence-electron chi connectivity index (χ3n) is 5.21. The van der Waals surface area contributed by atoms with Crippen molar-refractivity contribution in [2.24, 2.45) is 11.8 Å². The number of fused-ring (bicyclic) bond motifs is 1. The fraction of sp³-hybridized carbons (Fsp3) is 0.381. The van der Waals surface area contributed by atoms with E-state index in [0.29, 0.717) is 12.8 Å². The van der Waals surface area contributed by atoms with Crippen molar-refractivity contribution < 1.29 is 33.1 Å². The lowest BCUT2D eigenvalue weighted by atomic mass is 9.85. The predicted molar refractivity (Wildman–Crippen MR) is 103 cm³/mol. The fourth-order valence-electron chi connectivity index (χ4n) is 3.67. The molecule has 1 saturated heterocycles. The number of nitrogens with one attached hydrogen (secondary N) is 1. The number of amides is 3. The van der Waals surface area contributed by atoms with Crippen molar-refractivity contribution in [3.63, 3.8) is 0 Å². The maximum atomic E-state index is 14.1. The Hall–Kier alpha value is -3.36. The second-order valence-corrected chi connectivity index (χ2v) is 7.28. The first-order chi connectivity index (χ1) is 14.2. The summed E-state index contributed by atoms with van der Waals surface area (Å²) < 4.78 is 19.1. The number of carbonyl (C=O) groups excluding carboxylic acids is 5. The van der Waals surface area contributed by atoms with E-state index in [1.165, 1.54) is 26.0 Å². The second-order valence-electron chi connectivity index (χ2n) is 7.28. The number of Topliss-reactive ketones (excluding diaryl/α,β-unsaturated/α-hetero) is 1. The van der Waals surface area contributed by atoms with Gasteiger partial charge in [0.15, 0.2) is 6.61 Å². The quantitative estimate of drug-likeness (QED) is 0.328. The molecule has 1 N–H and O–H groups in total. The van der Waals surface area contributed by atoms with E-state index >= 15 is 0 Å². The molecule has 0 saturated carbocycles. The highest BCUT2D eigenvalue weighted by Gasteiger charge is 2.50. The van der Waals surface area contributed by atoms with Crippen LogP contribution in [0.15, 0.2) is 30.4 Å². The lowest BCUT2D eigenvalue weighted by Crippen LogP contribution is -2.44. The molecule has 1 aliphatic heterocycles. The topological polar surface area (TPSA) is 110 Å². The van der Waals surface area contributed by atoms with Crippen molar-refractivity contribution in [2.75, 3.05) is 11.9 Å². The molecule has 0 radical (unpaired) electrons. The number of ketones is 1. The highest BCUT2D eigenvalue weighted by atomic mass is 19.1. The summed E-state index contributed by atoms with van der Waals surface area (Å²) in [6.07, 6.45) is 4.56. The molecule has 1 aliphatic carbocycles. The Morgan fingerprint density at radius 2 is 1.77 bits per heavy atom. The summed E-state index contributed by atoms with van der Waals surface area (Å²) in [6, 6.07) is 2.32. The fourth-order valence-corrected chi connectivity index (χ4v) is 3.67. The number of imide groups is 1. The smallest absolute Gasteiger partial charge is 0.329 e. The number of rotatable bonds is 6. The number of allylic oxidation sites excluding steroid dienone is 2. The van der Waals surface area contributed by atoms with Crippen LogP contribution in [0, 0.1) is 17.7 Å². The number of hydrogen-bond acceptors (Lipinski definition) is 6. The lowest BCUT2D eigenvalue weighted by Gasteiger charge is -2.21. The van der Waals surface area contributed by atoms with Gasteiger partial charge in [-0.3, -0.25) is 24.1 Å². The van der Waals surface area contributed by atoms with Crippen LogP contribution in [0.1, 0.15) is 37.0 Å². The molecule has 9 heteroatoms. The molecule has 1 fully saturated rings. The van der Waals surface area contributed by atoms with Crippen molar-refractivity contribution in [3.8, 4) is 0 Å². The van der Waals surface area contributed by atoms with Crippen LogP contribution in [-0.4, -0.2) is 47.0 Å². The minimum atomic E-state index is -1.18. The van der Waals surface area contributed by atoms with E-state index < -0.39 is 59.8 Å². The van der Waals surface area contributed by atoms with Crippen LogP contribution in [0.3, 0.4) is 0 Å². The van der Waals surface area contributed by atoms with Gasteiger partial charge in [0.2, 0.25) is 23.5 Å². The summed E-state index contributed by atoms with van der Waals surface area (Å²) in [7, 11) is 0. The molecule has 158 valence electrons. The van der Waals surface area contributed by atoms with E-state index in [-0.39, 0.29) is 11.3 Å². The first-order valence-corrected chi connectivity index (χ1v) is 9.49. The van der Waals surface area contributed by atoms with Crippen LogP contribution in [0.25, 0.3) is 0 Å². The van der Waals surface area contributed by atoms with Gasteiger partial charge in [0.1, 0.15) is 11.9 Å². The molecule has 1 aromatic carbocycles. The average molecular weight is 416 g/mol. The Bertz CT molecular complexity index is 931. The molecule has 3 rings (SSSR count). The largest absolute Gasteiger partial charge is 0.456 e. The molecule has 0 aromatic heterocycles. The van der Waals surface area contributed by atoms with Gasteiger partial charge in [-0.05, 0) is 38.0 Å². The van der Waals surface area contributed by atoms with Crippen LogP contribution in [0.4, 0.5) is 10.1 Å². The third kappa shape index (κ3) is 4.14. The molecule has 0 bridgehead atoms. The van der Waals surface area contributed by atoms with Gasteiger partial charge >= 0.3 is 5.97 Å². The molecular weight excluding hydrogens is 395 g/mol. The SMILES string of the molecule is CC(=O)Nc1ccc(C(=O)COC(=O)[C@H](C)N2C(=O)[C@H]3CC=CC[C@H]3C2=O)c(F)c1. The van der Waals surface area contributed by atoms with Crippen LogP contribution in [0.5, 0.6) is 0 Å². The number of halogens is 1. The summed E-state index contributed by atoms with van der Waals surface area (Å²) in [5.74, 6) is -4.79. The van der Waals surface area contributed by atoms with Crippen LogP contribution in [0.2, 0.25) is 0 Å². The van der Waals surface area contributed by atoms with Gasteiger partial charge in [0, 0.05) is 12.6 Å². The third-order valence-corrected chi connectivity index (χ3v) is 5.21.